The maximum atomic E-state index is 12.7. The summed E-state index contributed by atoms with van der Waals surface area (Å²) in [5, 5.41) is 1.22. The van der Waals surface area contributed by atoms with Crippen molar-refractivity contribution in [1.29, 1.82) is 0 Å². The van der Waals surface area contributed by atoms with Crippen LogP contribution in [0.3, 0.4) is 0 Å². The molecule has 0 spiro atoms. The average molecular weight is 354 g/mol. The third kappa shape index (κ3) is 3.54. The van der Waals surface area contributed by atoms with E-state index in [0.29, 0.717) is 27.1 Å². The van der Waals surface area contributed by atoms with Crippen LogP contribution in [0.25, 0.3) is 10.9 Å². The zero-order valence-electron chi connectivity index (χ0n) is 13.9. The summed E-state index contributed by atoms with van der Waals surface area (Å²) in [5.41, 5.74) is 2.57. The fourth-order valence-corrected chi connectivity index (χ4v) is 2.71. The van der Waals surface area contributed by atoms with Crippen LogP contribution in [0.1, 0.15) is 38.9 Å². The van der Waals surface area contributed by atoms with E-state index in [1.54, 1.807) is 37.3 Å². The molecule has 0 atom stereocenters. The van der Waals surface area contributed by atoms with E-state index in [9.17, 15) is 9.59 Å². The normalized spacial score (nSPS) is 10.7. The van der Waals surface area contributed by atoms with Crippen molar-refractivity contribution in [2.24, 2.45) is 0 Å². The van der Waals surface area contributed by atoms with Gasteiger partial charge in [-0.25, -0.2) is 9.78 Å². The zero-order valence-corrected chi connectivity index (χ0v) is 14.6. The molecule has 0 saturated heterocycles. The van der Waals surface area contributed by atoms with Crippen molar-refractivity contribution in [1.82, 2.24) is 4.98 Å². The Hall–Kier alpha value is -2.72. The summed E-state index contributed by atoms with van der Waals surface area (Å²) < 4.78 is 5.14. The molecule has 2 aromatic carbocycles. The number of pyridine rings is 1. The number of aryl methyl sites for hydroxylation is 1. The van der Waals surface area contributed by atoms with Crippen LogP contribution in [0, 0.1) is 6.92 Å². The standard InChI is InChI=1S/C20H16ClNO3/c1-3-25-20(24)16-11-18(19(23)13-5-7-14(21)8-6-13)22-17-9-4-12(2)10-15(16)17/h4-11H,3H2,1-2H3. The quantitative estimate of drug-likeness (QED) is 0.508. The highest BCUT2D eigenvalue weighted by Gasteiger charge is 2.18. The van der Waals surface area contributed by atoms with E-state index >= 15 is 0 Å². The van der Waals surface area contributed by atoms with Crippen molar-refractivity contribution in [2.45, 2.75) is 13.8 Å². The van der Waals surface area contributed by atoms with Gasteiger partial charge in [-0.15, -0.1) is 0 Å². The van der Waals surface area contributed by atoms with E-state index in [-0.39, 0.29) is 18.1 Å². The predicted octanol–water partition coefficient (Wildman–Crippen LogP) is 4.60. The SMILES string of the molecule is CCOC(=O)c1cc(C(=O)c2ccc(Cl)cc2)nc2ccc(C)cc12. The van der Waals surface area contributed by atoms with Gasteiger partial charge in [-0.05, 0) is 56.3 Å². The number of ketones is 1. The summed E-state index contributed by atoms with van der Waals surface area (Å²) in [5.74, 6) is -0.740. The second-order valence-electron chi connectivity index (χ2n) is 5.63. The van der Waals surface area contributed by atoms with Crippen molar-refractivity contribution in [2.75, 3.05) is 6.61 Å². The van der Waals surface area contributed by atoms with Crippen molar-refractivity contribution in [3.8, 4) is 0 Å². The van der Waals surface area contributed by atoms with Gasteiger partial charge >= 0.3 is 5.97 Å². The predicted molar refractivity (Wildman–Crippen MR) is 97.3 cm³/mol. The van der Waals surface area contributed by atoms with Gasteiger partial charge in [-0.3, -0.25) is 4.79 Å². The Kier molecular flexibility index (Phi) is 4.81. The van der Waals surface area contributed by atoms with Crippen LogP contribution < -0.4 is 0 Å². The molecule has 25 heavy (non-hydrogen) atoms. The van der Waals surface area contributed by atoms with Gasteiger partial charge in [0, 0.05) is 16.0 Å². The van der Waals surface area contributed by atoms with Crippen molar-refractivity contribution in [3.05, 3.63) is 75.9 Å². The van der Waals surface area contributed by atoms with Crippen molar-refractivity contribution >= 4 is 34.3 Å². The summed E-state index contributed by atoms with van der Waals surface area (Å²) >= 11 is 5.87. The molecule has 3 aromatic rings. The Morgan fingerprint density at radius 1 is 1.08 bits per heavy atom. The molecule has 0 aliphatic carbocycles. The number of rotatable bonds is 4. The van der Waals surface area contributed by atoms with E-state index in [2.05, 4.69) is 4.98 Å². The number of fused-ring (bicyclic) bond motifs is 1. The molecule has 0 radical (unpaired) electrons. The summed E-state index contributed by atoms with van der Waals surface area (Å²) in [7, 11) is 0. The maximum Gasteiger partial charge on any atom is 0.338 e. The van der Waals surface area contributed by atoms with Crippen molar-refractivity contribution in [3.63, 3.8) is 0 Å². The molecule has 0 N–H and O–H groups in total. The number of esters is 1. The van der Waals surface area contributed by atoms with E-state index < -0.39 is 5.97 Å². The lowest BCUT2D eigenvalue weighted by Crippen LogP contribution is -2.10. The highest BCUT2D eigenvalue weighted by Crippen LogP contribution is 2.23. The lowest BCUT2D eigenvalue weighted by Gasteiger charge is -2.09. The summed E-state index contributed by atoms with van der Waals surface area (Å²) in [6.45, 7) is 3.93. The smallest absolute Gasteiger partial charge is 0.338 e. The van der Waals surface area contributed by atoms with Crippen LogP contribution >= 0.6 is 11.6 Å². The molecule has 0 aliphatic heterocycles. The highest BCUT2D eigenvalue weighted by molar-refractivity contribution is 6.30. The molecular weight excluding hydrogens is 338 g/mol. The lowest BCUT2D eigenvalue weighted by molar-refractivity contribution is 0.0528. The fraction of sp³-hybridized carbons (Fsp3) is 0.150. The Labute approximate surface area is 150 Å². The van der Waals surface area contributed by atoms with Gasteiger partial charge < -0.3 is 4.74 Å². The molecule has 126 valence electrons. The first-order chi connectivity index (χ1) is 12.0. The number of ether oxygens (including phenoxy) is 1. The van der Waals surface area contributed by atoms with Crippen LogP contribution in [-0.4, -0.2) is 23.3 Å². The molecule has 3 rings (SSSR count). The Morgan fingerprint density at radius 3 is 2.48 bits per heavy atom. The average Bonchev–Trinajstić information content (AvgIpc) is 2.61. The first-order valence-corrected chi connectivity index (χ1v) is 8.26. The first kappa shape index (κ1) is 17.1. The van der Waals surface area contributed by atoms with E-state index in [0.717, 1.165) is 5.56 Å². The topological polar surface area (TPSA) is 56.3 Å². The zero-order chi connectivity index (χ0) is 18.0. The number of hydrogen-bond acceptors (Lipinski definition) is 4. The number of carbonyl (C=O) groups is 2. The first-order valence-electron chi connectivity index (χ1n) is 7.88. The molecular formula is C20H16ClNO3. The van der Waals surface area contributed by atoms with Gasteiger partial charge in [0.2, 0.25) is 5.78 Å². The molecule has 1 heterocycles. The minimum atomic E-state index is -0.467. The van der Waals surface area contributed by atoms with Gasteiger partial charge in [-0.1, -0.05) is 23.2 Å². The van der Waals surface area contributed by atoms with E-state index in [1.807, 2.05) is 19.1 Å². The molecule has 4 nitrogen and oxygen atoms in total. The third-order valence-corrected chi connectivity index (χ3v) is 4.05. The van der Waals surface area contributed by atoms with Gasteiger partial charge in [0.15, 0.2) is 0 Å². The molecule has 0 unspecified atom stereocenters. The Balaban J connectivity index is 2.16. The molecule has 0 saturated carbocycles. The van der Waals surface area contributed by atoms with Crippen LogP contribution in [0.5, 0.6) is 0 Å². The molecule has 0 bridgehead atoms. The van der Waals surface area contributed by atoms with Crippen LogP contribution in [0.2, 0.25) is 5.02 Å². The number of benzene rings is 2. The van der Waals surface area contributed by atoms with Gasteiger partial charge in [0.1, 0.15) is 5.69 Å². The fourth-order valence-electron chi connectivity index (χ4n) is 2.58. The third-order valence-electron chi connectivity index (χ3n) is 3.80. The van der Waals surface area contributed by atoms with Crippen molar-refractivity contribution < 1.29 is 14.3 Å². The number of halogens is 1. The second-order valence-corrected chi connectivity index (χ2v) is 6.07. The lowest BCUT2D eigenvalue weighted by atomic mass is 10.0. The highest BCUT2D eigenvalue weighted by atomic mass is 35.5. The molecule has 0 fully saturated rings. The molecule has 0 amide bonds. The molecule has 0 aliphatic rings. The number of carbonyl (C=O) groups excluding carboxylic acids is 2. The summed E-state index contributed by atoms with van der Waals surface area (Å²) in [6, 6.07) is 13.6. The molecule has 1 aromatic heterocycles. The van der Waals surface area contributed by atoms with Crippen LogP contribution in [0.4, 0.5) is 0 Å². The molecule has 5 heteroatoms. The Bertz CT molecular complexity index is 965. The van der Waals surface area contributed by atoms with Gasteiger partial charge in [0.05, 0.1) is 17.7 Å². The second kappa shape index (κ2) is 7.03. The minimum absolute atomic E-state index is 0.196. The number of aromatic nitrogens is 1. The monoisotopic (exact) mass is 353 g/mol. The maximum absolute atomic E-state index is 12.7. The number of hydrogen-bond donors (Lipinski definition) is 0. The Morgan fingerprint density at radius 2 is 1.80 bits per heavy atom. The van der Waals surface area contributed by atoms with E-state index in [4.69, 9.17) is 16.3 Å². The van der Waals surface area contributed by atoms with Crippen LogP contribution in [0.15, 0.2) is 48.5 Å². The summed E-state index contributed by atoms with van der Waals surface area (Å²) in [4.78, 5) is 29.5. The van der Waals surface area contributed by atoms with Crippen LogP contribution in [-0.2, 0) is 4.74 Å². The van der Waals surface area contributed by atoms with E-state index in [1.165, 1.54) is 6.07 Å². The summed E-state index contributed by atoms with van der Waals surface area (Å²) in [6.07, 6.45) is 0. The number of nitrogens with zero attached hydrogens (tertiary/aromatic N) is 1. The largest absolute Gasteiger partial charge is 0.462 e. The van der Waals surface area contributed by atoms with Gasteiger partial charge in [0.25, 0.3) is 0 Å². The minimum Gasteiger partial charge on any atom is -0.462 e. The van der Waals surface area contributed by atoms with Gasteiger partial charge in [-0.2, -0.15) is 0 Å².